The molecule has 3 nitrogen and oxygen atoms in total. The van der Waals surface area contributed by atoms with Crippen LogP contribution < -0.4 is 11.1 Å². The Hall–Kier alpha value is -1.91. The highest BCUT2D eigenvalue weighted by Crippen LogP contribution is 2.39. The van der Waals surface area contributed by atoms with Crippen molar-refractivity contribution in [1.82, 2.24) is 0 Å². The van der Waals surface area contributed by atoms with Crippen molar-refractivity contribution in [3.63, 3.8) is 0 Å². The molecule has 2 aromatic carbocycles. The van der Waals surface area contributed by atoms with Gasteiger partial charge in [0.1, 0.15) is 5.82 Å². The fraction of sp³-hybridized carbons (Fsp3) is 0.188. The van der Waals surface area contributed by atoms with Crippen molar-refractivity contribution < 1.29 is 9.18 Å². The van der Waals surface area contributed by atoms with E-state index in [0.29, 0.717) is 17.2 Å². The minimum Gasteiger partial charge on any atom is -0.327 e. The van der Waals surface area contributed by atoms with Crippen molar-refractivity contribution in [3.8, 4) is 0 Å². The van der Waals surface area contributed by atoms with Gasteiger partial charge in [0.25, 0.3) is 5.91 Å². The van der Waals surface area contributed by atoms with Gasteiger partial charge < -0.3 is 11.1 Å². The Balaban J connectivity index is 0.00000161. The van der Waals surface area contributed by atoms with E-state index in [2.05, 4.69) is 5.32 Å². The molecule has 21 heavy (non-hydrogen) atoms. The van der Waals surface area contributed by atoms with Crippen LogP contribution in [-0.2, 0) is 0 Å². The molecule has 1 aliphatic rings. The quantitative estimate of drug-likeness (QED) is 0.914. The highest BCUT2D eigenvalue weighted by molar-refractivity contribution is 6.04. The lowest BCUT2D eigenvalue weighted by Gasteiger charge is -2.07. The molecular formula is C16H16ClFN2O. The van der Waals surface area contributed by atoms with E-state index >= 15 is 0 Å². The Bertz CT molecular complexity index is 645. The van der Waals surface area contributed by atoms with Crippen LogP contribution in [0.15, 0.2) is 48.5 Å². The molecule has 3 rings (SSSR count). The number of anilines is 1. The molecule has 2 atom stereocenters. The maximum atomic E-state index is 12.8. The molecule has 1 saturated carbocycles. The first-order chi connectivity index (χ1) is 9.63. The molecule has 0 spiro atoms. The summed E-state index contributed by atoms with van der Waals surface area (Å²) in [5, 5.41) is 2.75. The first-order valence-corrected chi connectivity index (χ1v) is 6.56. The van der Waals surface area contributed by atoms with Crippen LogP contribution in [-0.4, -0.2) is 11.9 Å². The van der Waals surface area contributed by atoms with Gasteiger partial charge >= 0.3 is 0 Å². The summed E-state index contributed by atoms with van der Waals surface area (Å²) in [4.78, 5) is 12.1. The summed E-state index contributed by atoms with van der Waals surface area (Å²) >= 11 is 0. The van der Waals surface area contributed by atoms with Gasteiger partial charge in [-0.3, -0.25) is 4.79 Å². The lowest BCUT2D eigenvalue weighted by Crippen LogP contribution is -2.12. The predicted molar refractivity (Wildman–Crippen MR) is 83.4 cm³/mol. The topological polar surface area (TPSA) is 55.1 Å². The Morgan fingerprint density at radius 3 is 2.48 bits per heavy atom. The molecule has 0 saturated heterocycles. The van der Waals surface area contributed by atoms with Crippen molar-refractivity contribution in [2.45, 2.75) is 18.4 Å². The first kappa shape index (κ1) is 15.5. The van der Waals surface area contributed by atoms with Gasteiger partial charge in [-0.1, -0.05) is 12.1 Å². The molecule has 0 heterocycles. The molecule has 0 bridgehead atoms. The summed E-state index contributed by atoms with van der Waals surface area (Å²) in [7, 11) is 0. The highest BCUT2D eigenvalue weighted by Gasteiger charge is 2.34. The van der Waals surface area contributed by atoms with Crippen LogP contribution in [0.5, 0.6) is 0 Å². The van der Waals surface area contributed by atoms with Crippen LogP contribution in [0.3, 0.4) is 0 Å². The summed E-state index contributed by atoms with van der Waals surface area (Å²) < 4.78 is 12.8. The molecule has 1 aliphatic carbocycles. The van der Waals surface area contributed by atoms with Gasteiger partial charge in [0, 0.05) is 23.2 Å². The smallest absolute Gasteiger partial charge is 0.255 e. The van der Waals surface area contributed by atoms with Crippen molar-refractivity contribution >= 4 is 24.0 Å². The first-order valence-electron chi connectivity index (χ1n) is 6.56. The third-order valence-electron chi connectivity index (χ3n) is 3.52. The molecule has 3 N–H and O–H groups in total. The number of benzene rings is 2. The zero-order valence-electron chi connectivity index (χ0n) is 11.3. The largest absolute Gasteiger partial charge is 0.327 e. The van der Waals surface area contributed by atoms with Gasteiger partial charge in [-0.15, -0.1) is 12.4 Å². The van der Waals surface area contributed by atoms with E-state index in [1.54, 1.807) is 6.07 Å². The van der Waals surface area contributed by atoms with Crippen molar-refractivity contribution in [3.05, 3.63) is 65.5 Å². The second-order valence-electron chi connectivity index (χ2n) is 5.09. The maximum absolute atomic E-state index is 12.8. The number of hydrogen-bond acceptors (Lipinski definition) is 2. The van der Waals surface area contributed by atoms with Crippen molar-refractivity contribution in [2.24, 2.45) is 5.73 Å². The molecule has 0 aliphatic heterocycles. The van der Waals surface area contributed by atoms with Gasteiger partial charge in [-0.05, 0) is 48.4 Å². The molecule has 0 aromatic heterocycles. The standard InChI is InChI=1S/C16H15FN2O.ClH/c17-12-4-6-13(7-5-12)19-16(20)11-3-1-2-10(8-11)14-9-15(14)18;/h1-8,14-15H,9,18H2,(H,19,20);1H. The number of hydrogen-bond donors (Lipinski definition) is 2. The Morgan fingerprint density at radius 2 is 1.86 bits per heavy atom. The molecule has 110 valence electrons. The molecule has 2 aromatic rings. The Kier molecular flexibility index (Phi) is 4.60. The summed E-state index contributed by atoms with van der Waals surface area (Å²) in [6, 6.07) is 13.4. The summed E-state index contributed by atoms with van der Waals surface area (Å²) in [6.07, 6.45) is 0.975. The Labute approximate surface area is 128 Å². The van der Waals surface area contributed by atoms with Gasteiger partial charge in [0.05, 0.1) is 0 Å². The van der Waals surface area contributed by atoms with Crippen LogP contribution in [0, 0.1) is 5.82 Å². The summed E-state index contributed by atoms with van der Waals surface area (Å²) in [5.41, 5.74) is 8.09. The van der Waals surface area contributed by atoms with Crippen molar-refractivity contribution in [1.29, 1.82) is 0 Å². The number of carbonyl (C=O) groups excluding carboxylic acids is 1. The zero-order chi connectivity index (χ0) is 14.1. The van der Waals surface area contributed by atoms with Gasteiger partial charge in [0.15, 0.2) is 0 Å². The summed E-state index contributed by atoms with van der Waals surface area (Å²) in [5.74, 6) is -0.158. The normalized spacial score (nSPS) is 19.5. The third-order valence-corrected chi connectivity index (χ3v) is 3.52. The second-order valence-corrected chi connectivity index (χ2v) is 5.09. The lowest BCUT2D eigenvalue weighted by atomic mass is 10.1. The predicted octanol–water partition coefficient (Wildman–Crippen LogP) is 3.31. The van der Waals surface area contributed by atoms with E-state index in [1.165, 1.54) is 24.3 Å². The molecule has 1 amide bonds. The van der Waals surface area contributed by atoms with E-state index in [1.807, 2.05) is 18.2 Å². The van der Waals surface area contributed by atoms with Crippen LogP contribution in [0.2, 0.25) is 0 Å². The summed E-state index contributed by atoms with van der Waals surface area (Å²) in [6.45, 7) is 0. The second kappa shape index (κ2) is 6.24. The molecule has 2 unspecified atom stereocenters. The fourth-order valence-electron chi connectivity index (χ4n) is 2.24. The van der Waals surface area contributed by atoms with E-state index in [9.17, 15) is 9.18 Å². The minimum atomic E-state index is -0.326. The number of carbonyl (C=O) groups is 1. The minimum absolute atomic E-state index is 0. The van der Waals surface area contributed by atoms with E-state index < -0.39 is 0 Å². The number of nitrogens with one attached hydrogen (secondary N) is 1. The lowest BCUT2D eigenvalue weighted by molar-refractivity contribution is 0.102. The van der Waals surface area contributed by atoms with Crippen LogP contribution in [0.25, 0.3) is 0 Å². The average molecular weight is 307 g/mol. The maximum Gasteiger partial charge on any atom is 0.255 e. The fourth-order valence-corrected chi connectivity index (χ4v) is 2.24. The van der Waals surface area contributed by atoms with E-state index in [4.69, 9.17) is 5.73 Å². The molecule has 1 fully saturated rings. The van der Waals surface area contributed by atoms with E-state index in [0.717, 1.165) is 12.0 Å². The Morgan fingerprint density at radius 1 is 1.19 bits per heavy atom. The molecular weight excluding hydrogens is 291 g/mol. The average Bonchev–Trinajstić information content (AvgIpc) is 3.19. The number of halogens is 2. The number of rotatable bonds is 3. The number of amides is 1. The van der Waals surface area contributed by atoms with Gasteiger partial charge in [0.2, 0.25) is 0 Å². The number of nitrogens with two attached hydrogens (primary N) is 1. The molecule has 5 heteroatoms. The SMILES string of the molecule is Cl.NC1CC1c1cccc(C(=O)Nc2ccc(F)cc2)c1. The van der Waals surface area contributed by atoms with Crippen LogP contribution in [0.4, 0.5) is 10.1 Å². The zero-order valence-corrected chi connectivity index (χ0v) is 12.1. The van der Waals surface area contributed by atoms with Crippen LogP contribution >= 0.6 is 12.4 Å². The molecule has 0 radical (unpaired) electrons. The van der Waals surface area contributed by atoms with E-state index in [-0.39, 0.29) is 30.2 Å². The van der Waals surface area contributed by atoms with Crippen LogP contribution in [0.1, 0.15) is 28.3 Å². The van der Waals surface area contributed by atoms with Crippen molar-refractivity contribution in [2.75, 3.05) is 5.32 Å². The third kappa shape index (κ3) is 3.60. The van der Waals surface area contributed by atoms with Gasteiger partial charge in [-0.2, -0.15) is 0 Å². The van der Waals surface area contributed by atoms with Gasteiger partial charge in [-0.25, -0.2) is 4.39 Å². The highest BCUT2D eigenvalue weighted by atomic mass is 35.5. The monoisotopic (exact) mass is 306 g/mol.